The highest BCUT2D eigenvalue weighted by Gasteiger charge is 2.06. The van der Waals surface area contributed by atoms with Crippen LogP contribution in [-0.2, 0) is 4.79 Å². The van der Waals surface area contributed by atoms with Crippen LogP contribution in [0.5, 0.6) is 5.75 Å². The molecule has 0 saturated heterocycles. The molecule has 0 saturated carbocycles. The van der Waals surface area contributed by atoms with E-state index in [0.717, 1.165) is 21.3 Å². The predicted octanol–water partition coefficient (Wildman–Crippen LogP) is 4.80. The molecule has 0 heterocycles. The fraction of sp³-hybridized carbons (Fsp3) is 0.300. The van der Waals surface area contributed by atoms with Gasteiger partial charge in [0, 0.05) is 0 Å². The summed E-state index contributed by atoms with van der Waals surface area (Å²) in [6.07, 6.45) is 0. The maximum atomic E-state index is 11.9. The molecule has 5 heteroatoms. The first-order chi connectivity index (χ1) is 11.9. The van der Waals surface area contributed by atoms with E-state index in [4.69, 9.17) is 4.74 Å². The molecule has 132 valence electrons. The number of carbonyl (C=O) groups is 1. The Kier molecular flexibility index (Phi) is 6.76. The van der Waals surface area contributed by atoms with Gasteiger partial charge in [-0.3, -0.25) is 4.79 Å². The number of aryl methyl sites for hydroxylation is 1. The van der Waals surface area contributed by atoms with Gasteiger partial charge in [-0.15, -0.1) is 0 Å². The highest BCUT2D eigenvalue weighted by atomic mass is 79.9. The summed E-state index contributed by atoms with van der Waals surface area (Å²) in [7, 11) is 0. The zero-order chi connectivity index (χ0) is 18.4. The molecule has 0 unspecified atom stereocenters. The number of hydrogen-bond donors (Lipinski definition) is 1. The minimum Gasteiger partial charge on any atom is -0.483 e. The fourth-order valence-electron chi connectivity index (χ4n) is 2.22. The average molecular weight is 403 g/mol. The van der Waals surface area contributed by atoms with E-state index in [-0.39, 0.29) is 12.5 Å². The third-order valence-corrected chi connectivity index (χ3v) is 4.41. The second-order valence-corrected chi connectivity index (χ2v) is 7.09. The van der Waals surface area contributed by atoms with Crippen LogP contribution in [0, 0.1) is 6.92 Å². The second-order valence-electron chi connectivity index (χ2n) is 6.23. The molecule has 0 aliphatic heterocycles. The van der Waals surface area contributed by atoms with Crippen molar-refractivity contribution >= 4 is 27.5 Å². The lowest BCUT2D eigenvalue weighted by Crippen LogP contribution is -2.25. The molecule has 1 N–H and O–H groups in total. The lowest BCUT2D eigenvalue weighted by Gasteiger charge is -2.09. The predicted molar refractivity (Wildman–Crippen MR) is 105 cm³/mol. The van der Waals surface area contributed by atoms with Crippen molar-refractivity contribution in [2.45, 2.75) is 33.6 Å². The normalized spacial score (nSPS) is 11.5. The number of hydrazone groups is 1. The monoisotopic (exact) mass is 402 g/mol. The quantitative estimate of drug-likeness (QED) is 0.557. The molecule has 0 spiro atoms. The van der Waals surface area contributed by atoms with Gasteiger partial charge in [-0.1, -0.05) is 44.2 Å². The Hall–Kier alpha value is -2.14. The molecule has 0 aromatic heterocycles. The Morgan fingerprint density at radius 2 is 1.88 bits per heavy atom. The molecule has 2 rings (SSSR count). The number of carbonyl (C=O) groups excluding carboxylic acids is 1. The van der Waals surface area contributed by atoms with E-state index in [9.17, 15) is 4.79 Å². The largest absolute Gasteiger partial charge is 0.483 e. The van der Waals surface area contributed by atoms with Crippen LogP contribution in [0.2, 0.25) is 0 Å². The van der Waals surface area contributed by atoms with Crippen molar-refractivity contribution in [1.82, 2.24) is 5.43 Å². The van der Waals surface area contributed by atoms with E-state index >= 15 is 0 Å². The average Bonchev–Trinajstić information content (AvgIpc) is 2.59. The maximum Gasteiger partial charge on any atom is 0.277 e. The smallest absolute Gasteiger partial charge is 0.277 e. The number of amides is 1. The van der Waals surface area contributed by atoms with E-state index in [0.29, 0.717) is 11.7 Å². The van der Waals surface area contributed by atoms with Crippen molar-refractivity contribution in [3.05, 3.63) is 63.6 Å². The van der Waals surface area contributed by atoms with Gasteiger partial charge in [0.1, 0.15) is 5.75 Å². The summed E-state index contributed by atoms with van der Waals surface area (Å²) in [4.78, 5) is 11.9. The zero-order valence-electron chi connectivity index (χ0n) is 15.0. The van der Waals surface area contributed by atoms with Crippen LogP contribution >= 0.6 is 15.9 Å². The van der Waals surface area contributed by atoms with Gasteiger partial charge in [-0.2, -0.15) is 5.10 Å². The molecule has 0 atom stereocenters. The van der Waals surface area contributed by atoms with Crippen LogP contribution in [-0.4, -0.2) is 18.2 Å². The number of nitrogens with one attached hydrogen (secondary N) is 1. The van der Waals surface area contributed by atoms with Crippen LogP contribution in [0.15, 0.2) is 52.0 Å². The van der Waals surface area contributed by atoms with Crippen LogP contribution < -0.4 is 10.2 Å². The minimum absolute atomic E-state index is 0.0925. The van der Waals surface area contributed by atoms with Gasteiger partial charge in [0.2, 0.25) is 0 Å². The summed E-state index contributed by atoms with van der Waals surface area (Å²) in [5, 5.41) is 4.14. The van der Waals surface area contributed by atoms with Gasteiger partial charge >= 0.3 is 0 Å². The third kappa shape index (κ3) is 5.71. The molecular formula is C20H23BrN2O2. The second kappa shape index (κ2) is 8.81. The molecule has 0 fully saturated rings. The van der Waals surface area contributed by atoms with E-state index in [1.54, 1.807) is 0 Å². The Morgan fingerprint density at radius 1 is 1.20 bits per heavy atom. The fourth-order valence-corrected chi connectivity index (χ4v) is 2.83. The first-order valence-electron chi connectivity index (χ1n) is 8.19. The lowest BCUT2D eigenvalue weighted by atomic mass is 10.0. The Morgan fingerprint density at radius 3 is 2.48 bits per heavy atom. The van der Waals surface area contributed by atoms with Gasteiger partial charge in [-0.05, 0) is 64.5 Å². The summed E-state index contributed by atoms with van der Waals surface area (Å²) in [6.45, 7) is 8.07. The van der Waals surface area contributed by atoms with Gasteiger partial charge < -0.3 is 4.74 Å². The van der Waals surface area contributed by atoms with Crippen molar-refractivity contribution in [2.24, 2.45) is 5.10 Å². The molecule has 4 nitrogen and oxygen atoms in total. The highest BCUT2D eigenvalue weighted by Crippen LogP contribution is 2.25. The number of halogens is 1. The summed E-state index contributed by atoms with van der Waals surface area (Å²) < 4.78 is 6.33. The third-order valence-electron chi connectivity index (χ3n) is 3.79. The summed E-state index contributed by atoms with van der Waals surface area (Å²) in [6, 6.07) is 13.9. The Bertz CT molecular complexity index is 768. The maximum absolute atomic E-state index is 11.9. The molecule has 2 aromatic rings. The zero-order valence-corrected chi connectivity index (χ0v) is 16.6. The van der Waals surface area contributed by atoms with Gasteiger partial charge in [0.25, 0.3) is 5.91 Å². The van der Waals surface area contributed by atoms with E-state index in [1.807, 2.05) is 44.2 Å². The standard InChI is InChI=1S/C20H23BrN2O2/c1-13(2)16-6-8-17(9-7-16)15(4)22-23-20(24)12-25-19-10-5-14(3)11-18(19)21/h5-11,13H,12H2,1-4H3,(H,23,24)/b22-15+. The molecule has 0 aliphatic rings. The first kappa shape index (κ1) is 19.2. The lowest BCUT2D eigenvalue weighted by molar-refractivity contribution is -0.123. The van der Waals surface area contributed by atoms with Gasteiger partial charge in [0.05, 0.1) is 10.2 Å². The van der Waals surface area contributed by atoms with Crippen LogP contribution in [0.25, 0.3) is 0 Å². The number of ether oxygens (including phenoxy) is 1. The molecule has 1 amide bonds. The number of hydrogen-bond acceptors (Lipinski definition) is 3. The molecule has 0 radical (unpaired) electrons. The SMILES string of the molecule is C/C(=N\NC(=O)COc1ccc(C)cc1Br)c1ccc(C(C)C)cc1. The number of rotatable bonds is 6. The van der Waals surface area contributed by atoms with Gasteiger partial charge in [0.15, 0.2) is 6.61 Å². The Balaban J connectivity index is 1.90. The van der Waals surface area contributed by atoms with Crippen molar-refractivity contribution in [2.75, 3.05) is 6.61 Å². The molecule has 2 aromatic carbocycles. The van der Waals surface area contributed by atoms with Crippen LogP contribution in [0.3, 0.4) is 0 Å². The molecule has 25 heavy (non-hydrogen) atoms. The first-order valence-corrected chi connectivity index (χ1v) is 8.98. The van der Waals surface area contributed by atoms with Crippen molar-refractivity contribution in [3.63, 3.8) is 0 Å². The minimum atomic E-state index is -0.300. The molecular weight excluding hydrogens is 380 g/mol. The van der Waals surface area contributed by atoms with Crippen LogP contribution in [0.1, 0.15) is 43.4 Å². The van der Waals surface area contributed by atoms with Crippen molar-refractivity contribution in [3.8, 4) is 5.75 Å². The summed E-state index contributed by atoms with van der Waals surface area (Å²) >= 11 is 3.42. The Labute approximate surface area is 157 Å². The number of benzene rings is 2. The van der Waals surface area contributed by atoms with E-state index < -0.39 is 0 Å². The van der Waals surface area contributed by atoms with Crippen molar-refractivity contribution < 1.29 is 9.53 Å². The van der Waals surface area contributed by atoms with Gasteiger partial charge in [-0.25, -0.2) is 5.43 Å². The molecule has 0 aliphatic carbocycles. The van der Waals surface area contributed by atoms with Crippen molar-refractivity contribution in [1.29, 1.82) is 0 Å². The van der Waals surface area contributed by atoms with Crippen LogP contribution in [0.4, 0.5) is 0 Å². The van der Waals surface area contributed by atoms with E-state index in [1.165, 1.54) is 5.56 Å². The molecule has 0 bridgehead atoms. The summed E-state index contributed by atoms with van der Waals surface area (Å²) in [5.74, 6) is 0.820. The van der Waals surface area contributed by atoms with E-state index in [2.05, 4.69) is 52.4 Å². The topological polar surface area (TPSA) is 50.7 Å². The number of nitrogens with zero attached hydrogens (tertiary/aromatic N) is 1. The highest BCUT2D eigenvalue weighted by molar-refractivity contribution is 9.10. The summed E-state index contributed by atoms with van der Waals surface area (Å²) in [5.41, 5.74) is 6.65.